The first kappa shape index (κ1) is 22.7. The van der Waals surface area contributed by atoms with Crippen molar-refractivity contribution in [3.8, 4) is 5.75 Å². The molecule has 166 valence electrons. The maximum absolute atomic E-state index is 14.1. The number of ether oxygens (including phenoxy) is 1. The summed E-state index contributed by atoms with van der Waals surface area (Å²) in [5.74, 6) is -0.627. The second-order valence-electron chi connectivity index (χ2n) is 7.24. The molecule has 0 bridgehead atoms. The van der Waals surface area contributed by atoms with E-state index in [1.165, 1.54) is 17.0 Å². The third-order valence-electron chi connectivity index (χ3n) is 4.74. The fraction of sp³-hybridized carbons (Fsp3) is 0.0800. The van der Waals surface area contributed by atoms with Crippen LogP contribution in [0, 0.1) is 12.7 Å². The summed E-state index contributed by atoms with van der Waals surface area (Å²) in [6, 6.07) is 20.5. The number of amides is 2. The zero-order chi connectivity index (χ0) is 23.4. The van der Waals surface area contributed by atoms with E-state index < -0.39 is 5.82 Å². The van der Waals surface area contributed by atoms with Gasteiger partial charge in [0.15, 0.2) is 10.9 Å². The zero-order valence-corrected chi connectivity index (χ0v) is 19.2. The summed E-state index contributed by atoms with van der Waals surface area (Å²) in [4.78, 5) is 26.5. The van der Waals surface area contributed by atoms with Crippen molar-refractivity contribution in [3.63, 3.8) is 0 Å². The molecule has 1 aliphatic heterocycles. The molecule has 1 saturated heterocycles. The molecule has 1 aliphatic rings. The average Bonchev–Trinajstić information content (AvgIpc) is 3.06. The molecule has 1 heterocycles. The molecule has 4 rings (SSSR count). The van der Waals surface area contributed by atoms with Gasteiger partial charge in [-0.25, -0.2) is 4.39 Å². The number of nitrogens with zero attached hydrogens (tertiary/aromatic N) is 1. The monoisotopic (exact) mass is 478 g/mol. The van der Waals surface area contributed by atoms with Gasteiger partial charge in [-0.05, 0) is 60.5 Å². The Morgan fingerprint density at radius 3 is 2.61 bits per heavy atom. The van der Waals surface area contributed by atoms with Crippen LogP contribution in [-0.2, 0) is 9.59 Å². The number of hydrogen-bond donors (Lipinski definition) is 1. The van der Waals surface area contributed by atoms with E-state index in [0.717, 1.165) is 22.9 Å². The summed E-state index contributed by atoms with van der Waals surface area (Å²) < 4.78 is 20.0. The highest BCUT2D eigenvalue weighted by molar-refractivity contribution is 8.27. The molecule has 8 heteroatoms. The van der Waals surface area contributed by atoms with Crippen LogP contribution in [0.15, 0.2) is 77.7 Å². The number of rotatable bonds is 6. The van der Waals surface area contributed by atoms with Crippen molar-refractivity contribution >= 4 is 57.6 Å². The highest BCUT2D eigenvalue weighted by atomic mass is 32.2. The number of thiocarbonyl (C=S) groups is 1. The van der Waals surface area contributed by atoms with Crippen molar-refractivity contribution in [1.29, 1.82) is 0 Å². The molecule has 1 fully saturated rings. The molecular weight excluding hydrogens is 459 g/mol. The predicted octanol–water partition coefficient (Wildman–Crippen LogP) is 5.56. The molecule has 0 atom stereocenters. The van der Waals surface area contributed by atoms with Crippen LogP contribution >= 0.6 is 24.0 Å². The molecule has 33 heavy (non-hydrogen) atoms. The summed E-state index contributed by atoms with van der Waals surface area (Å²) in [7, 11) is 0. The van der Waals surface area contributed by atoms with E-state index in [1.54, 1.807) is 42.5 Å². The van der Waals surface area contributed by atoms with Crippen molar-refractivity contribution in [3.05, 3.63) is 94.6 Å². The number of para-hydroxylation sites is 1. The summed E-state index contributed by atoms with van der Waals surface area (Å²) >= 11 is 6.41. The Morgan fingerprint density at radius 1 is 1.12 bits per heavy atom. The van der Waals surface area contributed by atoms with E-state index in [1.807, 2.05) is 31.2 Å². The van der Waals surface area contributed by atoms with Crippen molar-refractivity contribution in [1.82, 2.24) is 0 Å². The van der Waals surface area contributed by atoms with Crippen LogP contribution < -0.4 is 15.0 Å². The van der Waals surface area contributed by atoms with Crippen LogP contribution in [0.2, 0.25) is 0 Å². The minimum absolute atomic E-state index is 0.130. The van der Waals surface area contributed by atoms with Gasteiger partial charge in [0, 0.05) is 5.69 Å². The topological polar surface area (TPSA) is 58.6 Å². The molecule has 0 spiro atoms. The number of carbonyl (C=O) groups excluding carboxylic acids is 2. The van der Waals surface area contributed by atoms with Gasteiger partial charge in [0.1, 0.15) is 11.6 Å². The fourth-order valence-electron chi connectivity index (χ4n) is 3.19. The van der Waals surface area contributed by atoms with Gasteiger partial charge in [-0.1, -0.05) is 60.4 Å². The van der Waals surface area contributed by atoms with Gasteiger partial charge < -0.3 is 10.1 Å². The molecule has 3 aromatic carbocycles. The Kier molecular flexibility index (Phi) is 6.86. The maximum atomic E-state index is 14.1. The van der Waals surface area contributed by atoms with Crippen LogP contribution in [0.25, 0.3) is 6.08 Å². The van der Waals surface area contributed by atoms with Gasteiger partial charge in [-0.3, -0.25) is 14.5 Å². The average molecular weight is 479 g/mol. The fourth-order valence-corrected chi connectivity index (χ4v) is 4.47. The first-order valence-corrected chi connectivity index (χ1v) is 11.2. The Morgan fingerprint density at radius 2 is 1.88 bits per heavy atom. The minimum Gasteiger partial charge on any atom is -0.484 e. The molecular formula is C25H19FN2O3S2. The quantitative estimate of drug-likeness (QED) is 0.371. The Labute approximate surface area is 200 Å². The highest BCUT2D eigenvalue weighted by Gasteiger charge is 2.34. The van der Waals surface area contributed by atoms with Crippen LogP contribution in [0.5, 0.6) is 5.75 Å². The third kappa shape index (κ3) is 5.47. The molecule has 1 N–H and O–H groups in total. The number of nitrogens with one attached hydrogen (secondary N) is 1. The SMILES string of the molecule is Cc1cccc(NC(=O)COc2ccc(/C=C3\SC(=S)N(c4ccccc4F)C3=O)cc2)c1. The predicted molar refractivity (Wildman–Crippen MR) is 134 cm³/mol. The lowest BCUT2D eigenvalue weighted by Gasteiger charge is -2.14. The van der Waals surface area contributed by atoms with Gasteiger partial charge in [0.25, 0.3) is 11.8 Å². The number of aryl methyl sites for hydroxylation is 1. The first-order valence-electron chi connectivity index (χ1n) is 10.0. The number of thioether (sulfide) groups is 1. The van der Waals surface area contributed by atoms with Gasteiger partial charge in [-0.2, -0.15) is 0 Å². The number of benzene rings is 3. The van der Waals surface area contributed by atoms with Crippen LogP contribution in [0.1, 0.15) is 11.1 Å². The number of halogens is 1. The Bertz CT molecular complexity index is 1260. The molecule has 3 aromatic rings. The largest absolute Gasteiger partial charge is 0.484 e. The highest BCUT2D eigenvalue weighted by Crippen LogP contribution is 2.37. The van der Waals surface area contributed by atoms with E-state index in [9.17, 15) is 14.0 Å². The second kappa shape index (κ2) is 9.97. The number of anilines is 2. The third-order valence-corrected chi connectivity index (χ3v) is 6.04. The van der Waals surface area contributed by atoms with Crippen molar-refractivity contribution in [2.75, 3.05) is 16.8 Å². The Hall–Kier alpha value is -3.49. The zero-order valence-electron chi connectivity index (χ0n) is 17.6. The van der Waals surface area contributed by atoms with Crippen molar-refractivity contribution in [2.45, 2.75) is 6.92 Å². The molecule has 0 aliphatic carbocycles. The molecule has 0 unspecified atom stereocenters. The van der Waals surface area contributed by atoms with Gasteiger partial charge >= 0.3 is 0 Å². The van der Waals surface area contributed by atoms with E-state index in [-0.39, 0.29) is 28.4 Å². The van der Waals surface area contributed by atoms with Gasteiger partial charge in [0.2, 0.25) is 0 Å². The van der Waals surface area contributed by atoms with Gasteiger partial charge in [0.05, 0.1) is 10.6 Å². The summed E-state index contributed by atoms with van der Waals surface area (Å²) in [5, 5.41) is 2.79. The normalized spacial score (nSPS) is 14.6. The lowest BCUT2D eigenvalue weighted by molar-refractivity contribution is -0.118. The van der Waals surface area contributed by atoms with E-state index in [0.29, 0.717) is 16.3 Å². The molecule has 0 aromatic heterocycles. The molecule has 0 radical (unpaired) electrons. The number of hydrogen-bond acceptors (Lipinski definition) is 5. The molecule has 2 amide bonds. The summed E-state index contributed by atoms with van der Waals surface area (Å²) in [6.45, 7) is 1.82. The first-order chi connectivity index (χ1) is 15.9. The lowest BCUT2D eigenvalue weighted by atomic mass is 10.2. The number of carbonyl (C=O) groups is 2. The van der Waals surface area contributed by atoms with E-state index >= 15 is 0 Å². The molecule has 0 saturated carbocycles. The smallest absolute Gasteiger partial charge is 0.270 e. The summed E-state index contributed by atoms with van der Waals surface area (Å²) in [6.07, 6.45) is 1.69. The van der Waals surface area contributed by atoms with E-state index in [2.05, 4.69) is 5.32 Å². The van der Waals surface area contributed by atoms with Crippen LogP contribution in [0.3, 0.4) is 0 Å². The van der Waals surface area contributed by atoms with Crippen LogP contribution in [-0.4, -0.2) is 22.7 Å². The lowest BCUT2D eigenvalue weighted by Crippen LogP contribution is -2.28. The minimum atomic E-state index is -0.511. The maximum Gasteiger partial charge on any atom is 0.270 e. The summed E-state index contributed by atoms with van der Waals surface area (Å²) in [5.41, 5.74) is 2.65. The van der Waals surface area contributed by atoms with Gasteiger partial charge in [-0.15, -0.1) is 0 Å². The van der Waals surface area contributed by atoms with Crippen LogP contribution in [0.4, 0.5) is 15.8 Å². The Balaban J connectivity index is 1.38. The van der Waals surface area contributed by atoms with E-state index in [4.69, 9.17) is 17.0 Å². The van der Waals surface area contributed by atoms with Crippen molar-refractivity contribution in [2.24, 2.45) is 0 Å². The molecule has 5 nitrogen and oxygen atoms in total. The second-order valence-corrected chi connectivity index (χ2v) is 8.92. The standard InChI is InChI=1S/C25H19FN2O3S2/c1-16-5-4-6-18(13-16)27-23(29)15-31-19-11-9-17(10-12-19)14-22-24(30)28(25(32)33-22)21-8-3-2-7-20(21)26/h2-14H,15H2,1H3,(H,27,29)/b22-14-. The van der Waals surface area contributed by atoms with Crippen molar-refractivity contribution < 1.29 is 18.7 Å².